The second kappa shape index (κ2) is 7.78. The third-order valence-electron chi connectivity index (χ3n) is 4.50. The molecule has 1 aromatic rings. The highest BCUT2D eigenvalue weighted by atomic mass is 16.5. The Morgan fingerprint density at radius 1 is 1.33 bits per heavy atom. The molecule has 0 aliphatic carbocycles. The highest BCUT2D eigenvalue weighted by Crippen LogP contribution is 2.26. The standard InChI is InChI=1S/C17H29N3O/c1-4-15-13-20(10-9-19(15)3)17(12-18)14-7-6-8-16(11-14)21-5-2/h6-8,11,15,17H,4-5,9-10,12-13,18H2,1-3H3. The number of hydrogen-bond donors (Lipinski definition) is 1. The number of rotatable bonds is 6. The molecule has 0 saturated carbocycles. The maximum atomic E-state index is 6.09. The van der Waals surface area contributed by atoms with Gasteiger partial charge in [-0.05, 0) is 38.1 Å². The van der Waals surface area contributed by atoms with E-state index in [2.05, 4.69) is 42.0 Å². The van der Waals surface area contributed by atoms with Crippen LogP contribution in [-0.4, -0.2) is 55.7 Å². The molecule has 0 radical (unpaired) electrons. The van der Waals surface area contributed by atoms with Crippen molar-refractivity contribution in [2.24, 2.45) is 5.73 Å². The van der Waals surface area contributed by atoms with E-state index in [1.54, 1.807) is 0 Å². The van der Waals surface area contributed by atoms with Crippen molar-refractivity contribution >= 4 is 0 Å². The van der Waals surface area contributed by atoms with Crippen LogP contribution in [0.2, 0.25) is 0 Å². The first-order valence-corrected chi connectivity index (χ1v) is 8.06. The quantitative estimate of drug-likeness (QED) is 0.871. The number of benzene rings is 1. The van der Waals surface area contributed by atoms with Gasteiger partial charge in [0.25, 0.3) is 0 Å². The minimum Gasteiger partial charge on any atom is -0.494 e. The zero-order valence-electron chi connectivity index (χ0n) is 13.6. The molecule has 118 valence electrons. The molecule has 0 aromatic heterocycles. The van der Waals surface area contributed by atoms with Crippen LogP contribution >= 0.6 is 0 Å². The van der Waals surface area contributed by atoms with E-state index in [1.165, 1.54) is 12.0 Å². The van der Waals surface area contributed by atoms with E-state index < -0.39 is 0 Å². The van der Waals surface area contributed by atoms with E-state index in [-0.39, 0.29) is 6.04 Å². The Morgan fingerprint density at radius 2 is 2.14 bits per heavy atom. The molecule has 1 heterocycles. The summed E-state index contributed by atoms with van der Waals surface area (Å²) in [5.74, 6) is 0.939. The molecule has 1 saturated heterocycles. The summed E-state index contributed by atoms with van der Waals surface area (Å²) in [7, 11) is 2.22. The Labute approximate surface area is 128 Å². The summed E-state index contributed by atoms with van der Waals surface area (Å²) in [6, 6.07) is 9.30. The predicted octanol–water partition coefficient (Wildman–Crippen LogP) is 2.11. The molecule has 2 unspecified atom stereocenters. The Balaban J connectivity index is 2.13. The van der Waals surface area contributed by atoms with Crippen LogP contribution in [0.3, 0.4) is 0 Å². The predicted molar refractivity (Wildman–Crippen MR) is 87.7 cm³/mol. The van der Waals surface area contributed by atoms with Crippen LogP contribution in [0.4, 0.5) is 0 Å². The smallest absolute Gasteiger partial charge is 0.119 e. The number of nitrogens with zero attached hydrogens (tertiary/aromatic N) is 2. The van der Waals surface area contributed by atoms with Gasteiger partial charge < -0.3 is 15.4 Å². The minimum atomic E-state index is 0.285. The number of piperazine rings is 1. The van der Waals surface area contributed by atoms with Crippen molar-refractivity contribution in [3.8, 4) is 5.75 Å². The average molecular weight is 291 g/mol. The summed E-state index contributed by atoms with van der Waals surface area (Å²) < 4.78 is 5.62. The molecule has 4 nitrogen and oxygen atoms in total. The largest absolute Gasteiger partial charge is 0.494 e. The lowest BCUT2D eigenvalue weighted by Gasteiger charge is -2.42. The molecule has 0 bridgehead atoms. The second-order valence-electron chi connectivity index (χ2n) is 5.79. The van der Waals surface area contributed by atoms with Crippen molar-refractivity contribution in [1.82, 2.24) is 9.80 Å². The van der Waals surface area contributed by atoms with E-state index in [0.29, 0.717) is 19.2 Å². The van der Waals surface area contributed by atoms with Crippen molar-refractivity contribution < 1.29 is 4.74 Å². The third-order valence-corrected chi connectivity index (χ3v) is 4.50. The second-order valence-corrected chi connectivity index (χ2v) is 5.79. The molecule has 0 spiro atoms. The molecule has 1 aliphatic rings. The van der Waals surface area contributed by atoms with Gasteiger partial charge in [0, 0.05) is 38.3 Å². The van der Waals surface area contributed by atoms with E-state index in [4.69, 9.17) is 10.5 Å². The Kier molecular flexibility index (Phi) is 6.03. The van der Waals surface area contributed by atoms with Gasteiger partial charge in [-0.2, -0.15) is 0 Å². The number of ether oxygens (including phenoxy) is 1. The van der Waals surface area contributed by atoms with E-state index in [9.17, 15) is 0 Å². The molecule has 21 heavy (non-hydrogen) atoms. The van der Waals surface area contributed by atoms with Gasteiger partial charge in [0.15, 0.2) is 0 Å². The van der Waals surface area contributed by atoms with Gasteiger partial charge in [-0.25, -0.2) is 0 Å². The first-order chi connectivity index (χ1) is 10.2. The highest BCUT2D eigenvalue weighted by Gasteiger charge is 2.28. The molecule has 4 heteroatoms. The van der Waals surface area contributed by atoms with Gasteiger partial charge in [-0.3, -0.25) is 4.90 Å². The maximum absolute atomic E-state index is 6.09. The molecule has 1 aliphatic heterocycles. The number of nitrogens with two attached hydrogens (primary N) is 1. The summed E-state index contributed by atoms with van der Waals surface area (Å²) >= 11 is 0. The van der Waals surface area contributed by atoms with Crippen LogP contribution in [0.1, 0.15) is 31.9 Å². The normalized spacial score (nSPS) is 22.2. The summed E-state index contributed by atoms with van der Waals surface area (Å²) in [5, 5.41) is 0. The fraction of sp³-hybridized carbons (Fsp3) is 0.647. The van der Waals surface area contributed by atoms with Crippen LogP contribution in [0, 0.1) is 0 Å². The van der Waals surface area contributed by atoms with Gasteiger partial charge in [-0.1, -0.05) is 19.1 Å². The molecule has 1 fully saturated rings. The molecular weight excluding hydrogens is 262 g/mol. The average Bonchev–Trinajstić information content (AvgIpc) is 2.50. The lowest BCUT2D eigenvalue weighted by Crippen LogP contribution is -2.53. The van der Waals surface area contributed by atoms with Gasteiger partial charge in [0.05, 0.1) is 6.61 Å². The van der Waals surface area contributed by atoms with E-state index in [0.717, 1.165) is 25.4 Å². The van der Waals surface area contributed by atoms with Crippen LogP contribution < -0.4 is 10.5 Å². The summed E-state index contributed by atoms with van der Waals surface area (Å²) in [6.45, 7) is 8.90. The highest BCUT2D eigenvalue weighted by molar-refractivity contribution is 5.31. The van der Waals surface area contributed by atoms with Crippen molar-refractivity contribution in [1.29, 1.82) is 0 Å². The molecule has 2 atom stereocenters. The van der Waals surface area contributed by atoms with Crippen LogP contribution in [0.15, 0.2) is 24.3 Å². The van der Waals surface area contributed by atoms with Crippen LogP contribution in [-0.2, 0) is 0 Å². The summed E-state index contributed by atoms with van der Waals surface area (Å²) in [6.07, 6.45) is 1.18. The van der Waals surface area contributed by atoms with Gasteiger partial charge >= 0.3 is 0 Å². The van der Waals surface area contributed by atoms with Crippen molar-refractivity contribution in [3.63, 3.8) is 0 Å². The van der Waals surface area contributed by atoms with Crippen molar-refractivity contribution in [2.45, 2.75) is 32.4 Å². The zero-order chi connectivity index (χ0) is 15.2. The molecule has 0 amide bonds. The number of likely N-dealkylation sites (N-methyl/N-ethyl adjacent to an activating group) is 1. The van der Waals surface area contributed by atoms with Gasteiger partial charge in [0.2, 0.25) is 0 Å². The van der Waals surface area contributed by atoms with Gasteiger partial charge in [-0.15, -0.1) is 0 Å². The Bertz CT molecular complexity index is 438. The number of hydrogen-bond acceptors (Lipinski definition) is 4. The minimum absolute atomic E-state index is 0.285. The fourth-order valence-electron chi connectivity index (χ4n) is 3.17. The molecule has 2 N–H and O–H groups in total. The van der Waals surface area contributed by atoms with Crippen molar-refractivity contribution in [3.05, 3.63) is 29.8 Å². The monoisotopic (exact) mass is 291 g/mol. The Morgan fingerprint density at radius 3 is 2.81 bits per heavy atom. The molecule has 1 aromatic carbocycles. The first-order valence-electron chi connectivity index (χ1n) is 8.06. The first kappa shape index (κ1) is 16.3. The Hall–Kier alpha value is -1.10. The van der Waals surface area contributed by atoms with Crippen LogP contribution in [0.5, 0.6) is 5.75 Å². The zero-order valence-corrected chi connectivity index (χ0v) is 13.6. The van der Waals surface area contributed by atoms with Crippen LogP contribution in [0.25, 0.3) is 0 Å². The maximum Gasteiger partial charge on any atom is 0.119 e. The van der Waals surface area contributed by atoms with E-state index in [1.807, 2.05) is 13.0 Å². The molecule has 2 rings (SSSR count). The van der Waals surface area contributed by atoms with E-state index >= 15 is 0 Å². The lowest BCUT2D eigenvalue weighted by molar-refractivity contribution is 0.0643. The summed E-state index contributed by atoms with van der Waals surface area (Å²) in [5.41, 5.74) is 7.35. The third kappa shape index (κ3) is 3.96. The summed E-state index contributed by atoms with van der Waals surface area (Å²) in [4.78, 5) is 4.99. The SMILES string of the molecule is CCOc1cccc(C(CN)N2CCN(C)C(CC)C2)c1. The lowest BCUT2D eigenvalue weighted by atomic mass is 10.0. The van der Waals surface area contributed by atoms with Gasteiger partial charge in [0.1, 0.15) is 5.75 Å². The fourth-order valence-corrected chi connectivity index (χ4v) is 3.17. The topological polar surface area (TPSA) is 41.7 Å². The van der Waals surface area contributed by atoms with Crippen molar-refractivity contribution in [2.75, 3.05) is 39.8 Å². The molecular formula is C17H29N3O.